The molecular weight excluding hydrogens is 396 g/mol. The molecule has 0 spiro atoms. The summed E-state index contributed by atoms with van der Waals surface area (Å²) in [7, 11) is -2.34. The first-order chi connectivity index (χ1) is 13.2. The Morgan fingerprint density at radius 3 is 2.36 bits per heavy atom. The molecule has 7 heteroatoms. The maximum absolute atomic E-state index is 13.1. The van der Waals surface area contributed by atoms with Crippen LogP contribution >= 0.6 is 11.6 Å². The number of carbonyl (C=O) groups is 1. The number of hydrogen-bond donors (Lipinski definition) is 0. The van der Waals surface area contributed by atoms with Gasteiger partial charge in [-0.15, -0.1) is 0 Å². The minimum absolute atomic E-state index is 0.0816. The lowest BCUT2D eigenvalue weighted by Gasteiger charge is -2.39. The SMILES string of the molecule is C[C@@H]1CCC[C@H](C)N1C(=O)c1cccc(S(=O)(=O)N(C)c2cccc(Cl)c2)c1. The summed E-state index contributed by atoms with van der Waals surface area (Å²) in [6.07, 6.45) is 3.03. The predicted octanol–water partition coefficient (Wildman–Crippen LogP) is 4.57. The fourth-order valence-electron chi connectivity index (χ4n) is 3.73. The Morgan fingerprint density at radius 1 is 1.07 bits per heavy atom. The van der Waals surface area contributed by atoms with Gasteiger partial charge in [0, 0.05) is 29.7 Å². The second kappa shape index (κ2) is 8.13. The van der Waals surface area contributed by atoms with Crippen molar-refractivity contribution in [3.05, 3.63) is 59.1 Å². The van der Waals surface area contributed by atoms with Gasteiger partial charge >= 0.3 is 0 Å². The number of rotatable bonds is 4. The first-order valence-electron chi connectivity index (χ1n) is 9.39. The quantitative estimate of drug-likeness (QED) is 0.728. The summed E-state index contributed by atoms with van der Waals surface area (Å²) in [5.74, 6) is -0.123. The standard InChI is InChI=1S/C21H25ClN2O3S/c1-15-7-4-8-16(2)24(15)21(25)17-9-5-12-20(13-17)28(26,27)23(3)19-11-6-10-18(22)14-19/h5-6,9-16H,4,7-8H2,1-3H3/t15-,16+. The van der Waals surface area contributed by atoms with E-state index < -0.39 is 10.0 Å². The highest BCUT2D eigenvalue weighted by Gasteiger charge is 2.30. The largest absolute Gasteiger partial charge is 0.333 e. The van der Waals surface area contributed by atoms with Crippen LogP contribution in [0.2, 0.25) is 5.02 Å². The lowest BCUT2D eigenvalue weighted by Crippen LogP contribution is -2.47. The number of hydrogen-bond acceptors (Lipinski definition) is 3. The molecule has 0 saturated carbocycles. The average molecular weight is 421 g/mol. The number of piperidine rings is 1. The van der Waals surface area contributed by atoms with Crippen LogP contribution in [0.4, 0.5) is 5.69 Å². The first-order valence-corrected chi connectivity index (χ1v) is 11.2. The Hall–Kier alpha value is -2.05. The van der Waals surface area contributed by atoms with E-state index in [1.807, 2.05) is 18.7 Å². The van der Waals surface area contributed by atoms with Gasteiger partial charge in [-0.1, -0.05) is 23.7 Å². The third-order valence-electron chi connectivity index (χ3n) is 5.34. The van der Waals surface area contributed by atoms with Crippen molar-refractivity contribution in [3.63, 3.8) is 0 Å². The second-order valence-electron chi connectivity index (χ2n) is 7.32. The molecule has 2 atom stereocenters. The highest BCUT2D eigenvalue weighted by Crippen LogP contribution is 2.27. The maximum atomic E-state index is 13.1. The molecule has 0 N–H and O–H groups in total. The van der Waals surface area contributed by atoms with Crippen LogP contribution in [0.1, 0.15) is 43.5 Å². The molecular formula is C21H25ClN2O3S. The number of carbonyl (C=O) groups excluding carboxylic acids is 1. The van der Waals surface area contributed by atoms with E-state index in [0.29, 0.717) is 16.3 Å². The van der Waals surface area contributed by atoms with Crippen molar-refractivity contribution < 1.29 is 13.2 Å². The number of sulfonamides is 1. The van der Waals surface area contributed by atoms with Gasteiger partial charge in [-0.05, 0) is 69.5 Å². The summed E-state index contributed by atoms with van der Waals surface area (Å²) in [6, 6.07) is 13.2. The summed E-state index contributed by atoms with van der Waals surface area (Å²) in [4.78, 5) is 15.0. The number of amides is 1. The fourth-order valence-corrected chi connectivity index (χ4v) is 5.15. The van der Waals surface area contributed by atoms with Gasteiger partial charge in [-0.3, -0.25) is 9.10 Å². The molecule has 1 saturated heterocycles. The van der Waals surface area contributed by atoms with E-state index in [1.165, 1.54) is 23.5 Å². The molecule has 3 rings (SSSR count). The van der Waals surface area contributed by atoms with E-state index in [9.17, 15) is 13.2 Å². The van der Waals surface area contributed by atoms with Gasteiger partial charge in [0.2, 0.25) is 0 Å². The zero-order valence-electron chi connectivity index (χ0n) is 16.3. The van der Waals surface area contributed by atoms with E-state index in [-0.39, 0.29) is 22.9 Å². The fraction of sp³-hybridized carbons (Fsp3) is 0.381. The van der Waals surface area contributed by atoms with Gasteiger partial charge in [0.1, 0.15) is 0 Å². The highest BCUT2D eigenvalue weighted by atomic mass is 35.5. The zero-order chi connectivity index (χ0) is 20.5. The molecule has 150 valence electrons. The molecule has 1 fully saturated rings. The van der Waals surface area contributed by atoms with Crippen LogP contribution in [0.3, 0.4) is 0 Å². The van der Waals surface area contributed by atoms with Gasteiger partial charge in [-0.25, -0.2) is 8.42 Å². The number of anilines is 1. The summed E-state index contributed by atoms with van der Waals surface area (Å²) < 4.78 is 27.3. The monoisotopic (exact) mass is 420 g/mol. The maximum Gasteiger partial charge on any atom is 0.264 e. The molecule has 2 aromatic carbocycles. The normalized spacial score (nSPS) is 20.1. The second-order valence-corrected chi connectivity index (χ2v) is 9.73. The van der Waals surface area contributed by atoms with Gasteiger partial charge < -0.3 is 4.90 Å². The van der Waals surface area contributed by atoms with Crippen LogP contribution in [-0.4, -0.2) is 38.4 Å². The topological polar surface area (TPSA) is 57.7 Å². The van der Waals surface area contributed by atoms with Crippen molar-refractivity contribution in [1.82, 2.24) is 4.90 Å². The van der Waals surface area contributed by atoms with E-state index in [4.69, 9.17) is 11.6 Å². The van der Waals surface area contributed by atoms with E-state index in [2.05, 4.69) is 0 Å². The van der Waals surface area contributed by atoms with E-state index in [1.54, 1.807) is 36.4 Å². The van der Waals surface area contributed by atoms with Crippen molar-refractivity contribution in [2.24, 2.45) is 0 Å². The third-order valence-corrected chi connectivity index (χ3v) is 7.36. The van der Waals surface area contributed by atoms with Crippen LogP contribution in [-0.2, 0) is 10.0 Å². The van der Waals surface area contributed by atoms with Gasteiger partial charge in [0.25, 0.3) is 15.9 Å². The molecule has 0 radical (unpaired) electrons. The van der Waals surface area contributed by atoms with Crippen molar-refractivity contribution in [1.29, 1.82) is 0 Å². The summed E-state index contributed by atoms with van der Waals surface area (Å²) >= 11 is 5.99. The number of halogens is 1. The lowest BCUT2D eigenvalue weighted by molar-refractivity contribution is 0.0510. The molecule has 5 nitrogen and oxygen atoms in total. The molecule has 1 aliphatic heterocycles. The van der Waals surface area contributed by atoms with Crippen LogP contribution in [0.25, 0.3) is 0 Å². The summed E-state index contributed by atoms with van der Waals surface area (Å²) in [6.45, 7) is 4.09. The molecule has 28 heavy (non-hydrogen) atoms. The Bertz CT molecular complexity index is 967. The lowest BCUT2D eigenvalue weighted by atomic mass is 9.96. The average Bonchev–Trinajstić information content (AvgIpc) is 2.67. The van der Waals surface area contributed by atoms with Gasteiger partial charge in [-0.2, -0.15) is 0 Å². The van der Waals surface area contributed by atoms with Gasteiger partial charge in [0.15, 0.2) is 0 Å². The highest BCUT2D eigenvalue weighted by molar-refractivity contribution is 7.92. The molecule has 0 aliphatic carbocycles. The zero-order valence-corrected chi connectivity index (χ0v) is 17.9. The number of nitrogens with zero attached hydrogens (tertiary/aromatic N) is 2. The Labute approximate surface area is 172 Å². The van der Waals surface area contributed by atoms with Crippen LogP contribution in [0, 0.1) is 0 Å². The molecule has 1 heterocycles. The molecule has 2 aromatic rings. The van der Waals surface area contributed by atoms with Crippen LogP contribution in [0.5, 0.6) is 0 Å². The first kappa shape index (κ1) is 20.7. The number of benzene rings is 2. The minimum atomic E-state index is -3.82. The van der Waals surface area contributed by atoms with Gasteiger partial charge in [0.05, 0.1) is 10.6 Å². The molecule has 1 amide bonds. The Balaban J connectivity index is 1.93. The Morgan fingerprint density at radius 2 is 1.71 bits per heavy atom. The van der Waals surface area contributed by atoms with Crippen molar-refractivity contribution in [3.8, 4) is 0 Å². The minimum Gasteiger partial charge on any atom is -0.333 e. The van der Waals surface area contributed by atoms with Crippen LogP contribution in [0.15, 0.2) is 53.4 Å². The molecule has 0 bridgehead atoms. The predicted molar refractivity (Wildman–Crippen MR) is 112 cm³/mol. The Kier molecular flexibility index (Phi) is 6.01. The van der Waals surface area contributed by atoms with E-state index in [0.717, 1.165) is 19.3 Å². The molecule has 0 unspecified atom stereocenters. The van der Waals surface area contributed by atoms with Crippen molar-refractivity contribution in [2.45, 2.75) is 50.1 Å². The van der Waals surface area contributed by atoms with Crippen molar-refractivity contribution >= 4 is 33.2 Å². The summed E-state index contributed by atoms with van der Waals surface area (Å²) in [5, 5.41) is 0.455. The van der Waals surface area contributed by atoms with Crippen molar-refractivity contribution in [2.75, 3.05) is 11.4 Å². The number of likely N-dealkylation sites (tertiary alicyclic amines) is 1. The van der Waals surface area contributed by atoms with E-state index >= 15 is 0 Å². The summed E-state index contributed by atoms with van der Waals surface area (Å²) in [5.41, 5.74) is 0.851. The molecule has 0 aromatic heterocycles. The molecule has 1 aliphatic rings. The third kappa shape index (κ3) is 4.03. The smallest absolute Gasteiger partial charge is 0.264 e. The van der Waals surface area contributed by atoms with Crippen LogP contribution < -0.4 is 4.31 Å².